The molecule has 0 aliphatic heterocycles. The summed E-state index contributed by atoms with van der Waals surface area (Å²) in [5.74, 6) is -0.875. The van der Waals surface area contributed by atoms with Crippen molar-refractivity contribution in [1.82, 2.24) is 10.2 Å². The van der Waals surface area contributed by atoms with Crippen LogP contribution in [0.5, 0.6) is 0 Å². The fraction of sp³-hybridized carbons (Fsp3) is 0.310. The maximum absolute atomic E-state index is 14.0. The molecule has 2 amide bonds. The van der Waals surface area contributed by atoms with E-state index in [0.29, 0.717) is 20.6 Å². The number of hydrogen-bond acceptors (Lipinski definition) is 4. The molecule has 3 aromatic rings. The molecule has 1 unspecified atom stereocenters. The number of benzene rings is 3. The van der Waals surface area contributed by atoms with Crippen LogP contribution in [0.4, 0.5) is 5.69 Å². The molecule has 0 radical (unpaired) electrons. The highest BCUT2D eigenvalue weighted by molar-refractivity contribution is 7.92. The summed E-state index contributed by atoms with van der Waals surface area (Å²) in [6.45, 7) is 1.10. The van der Waals surface area contributed by atoms with Gasteiger partial charge in [-0.25, -0.2) is 8.42 Å². The van der Waals surface area contributed by atoms with Gasteiger partial charge >= 0.3 is 0 Å². The molecule has 1 fully saturated rings. The van der Waals surface area contributed by atoms with Gasteiger partial charge in [0.15, 0.2) is 0 Å². The number of carbonyl (C=O) groups excluding carboxylic acids is 2. The molecule has 3 aromatic carbocycles. The summed E-state index contributed by atoms with van der Waals surface area (Å²) in [7, 11) is -4.16. The fourth-order valence-corrected chi connectivity index (χ4v) is 6.62. The summed E-state index contributed by atoms with van der Waals surface area (Å²) in [5.41, 5.74) is 0.866. The normalized spacial score (nSPS) is 14.5. The number of nitrogens with zero attached hydrogens (tertiary/aromatic N) is 2. The van der Waals surface area contributed by atoms with Crippen molar-refractivity contribution in [2.45, 2.75) is 56.1 Å². The number of amides is 2. The number of sulfonamides is 1. The third-order valence-electron chi connectivity index (χ3n) is 6.91. The third kappa shape index (κ3) is 7.29. The zero-order chi connectivity index (χ0) is 28.9. The van der Waals surface area contributed by atoms with Crippen LogP contribution in [-0.4, -0.2) is 43.8 Å². The molecule has 1 aliphatic rings. The van der Waals surface area contributed by atoms with E-state index in [2.05, 4.69) is 5.32 Å². The van der Waals surface area contributed by atoms with Crippen molar-refractivity contribution in [1.29, 1.82) is 0 Å². The average Bonchev–Trinajstić information content (AvgIpc) is 3.45. The predicted octanol–water partition coefficient (Wildman–Crippen LogP) is 6.32. The van der Waals surface area contributed by atoms with Gasteiger partial charge in [0.1, 0.15) is 12.6 Å². The molecule has 1 aliphatic carbocycles. The largest absolute Gasteiger partial charge is 0.352 e. The molecule has 212 valence electrons. The number of carbonyl (C=O) groups is 2. The summed E-state index contributed by atoms with van der Waals surface area (Å²) >= 11 is 18.5. The van der Waals surface area contributed by atoms with Crippen LogP contribution in [0.15, 0.2) is 77.7 Å². The Morgan fingerprint density at radius 1 is 0.925 bits per heavy atom. The summed E-state index contributed by atoms with van der Waals surface area (Å²) < 4.78 is 28.6. The molecule has 1 atom stereocenters. The van der Waals surface area contributed by atoms with Gasteiger partial charge < -0.3 is 10.2 Å². The number of anilines is 1. The van der Waals surface area contributed by atoms with Crippen molar-refractivity contribution in [3.8, 4) is 0 Å². The minimum atomic E-state index is -4.16. The fourth-order valence-electron chi connectivity index (χ4n) is 4.69. The van der Waals surface area contributed by atoms with E-state index >= 15 is 0 Å². The minimum Gasteiger partial charge on any atom is -0.352 e. The summed E-state index contributed by atoms with van der Waals surface area (Å²) in [6, 6.07) is 18.2. The highest BCUT2D eigenvalue weighted by atomic mass is 35.5. The number of hydrogen-bond donors (Lipinski definition) is 1. The van der Waals surface area contributed by atoms with Crippen molar-refractivity contribution in [2.75, 3.05) is 10.8 Å². The highest BCUT2D eigenvalue weighted by Crippen LogP contribution is 2.28. The second kappa shape index (κ2) is 13.3. The lowest BCUT2D eigenvalue weighted by Gasteiger charge is -2.32. The van der Waals surface area contributed by atoms with Gasteiger partial charge in [-0.3, -0.25) is 13.9 Å². The van der Waals surface area contributed by atoms with E-state index in [9.17, 15) is 18.0 Å². The zero-order valence-electron chi connectivity index (χ0n) is 21.9. The quantitative estimate of drug-likeness (QED) is 0.287. The Kier molecular flexibility index (Phi) is 10.0. The van der Waals surface area contributed by atoms with Crippen molar-refractivity contribution in [3.63, 3.8) is 0 Å². The summed E-state index contributed by atoms with van der Waals surface area (Å²) in [4.78, 5) is 28.6. The molecule has 0 heterocycles. The molecule has 0 saturated heterocycles. The molecule has 11 heteroatoms. The van der Waals surface area contributed by atoms with E-state index in [4.69, 9.17) is 34.8 Å². The van der Waals surface area contributed by atoms with Gasteiger partial charge in [-0.05, 0) is 67.8 Å². The van der Waals surface area contributed by atoms with Crippen LogP contribution in [-0.2, 0) is 26.2 Å². The SMILES string of the molecule is CC(C(=O)NC1CCCC1)N(Cc1ccc(Cl)c(Cl)c1)C(=O)CN(c1cccc(Cl)c1)S(=O)(=O)c1ccccc1. The van der Waals surface area contributed by atoms with Crippen LogP contribution < -0.4 is 9.62 Å². The molecule has 0 aromatic heterocycles. The topological polar surface area (TPSA) is 86.8 Å². The first-order chi connectivity index (χ1) is 19.1. The number of rotatable bonds is 10. The Morgan fingerprint density at radius 2 is 1.62 bits per heavy atom. The summed E-state index contributed by atoms with van der Waals surface area (Å²) in [6.07, 6.45) is 3.85. The Morgan fingerprint density at radius 3 is 2.27 bits per heavy atom. The lowest BCUT2D eigenvalue weighted by Crippen LogP contribution is -2.52. The van der Waals surface area contributed by atoms with E-state index in [0.717, 1.165) is 30.0 Å². The van der Waals surface area contributed by atoms with E-state index in [1.54, 1.807) is 61.5 Å². The van der Waals surface area contributed by atoms with Gasteiger partial charge in [0.05, 0.1) is 20.6 Å². The monoisotopic (exact) mass is 621 g/mol. The highest BCUT2D eigenvalue weighted by Gasteiger charge is 2.33. The van der Waals surface area contributed by atoms with Crippen LogP contribution in [0.25, 0.3) is 0 Å². The Balaban J connectivity index is 1.69. The molecule has 7 nitrogen and oxygen atoms in total. The molecule has 0 bridgehead atoms. The minimum absolute atomic E-state index is 0.0176. The molecule has 1 N–H and O–H groups in total. The van der Waals surface area contributed by atoms with Gasteiger partial charge in [0.2, 0.25) is 11.8 Å². The molecule has 4 rings (SSSR count). The van der Waals surface area contributed by atoms with E-state index in [1.807, 2.05) is 0 Å². The summed E-state index contributed by atoms with van der Waals surface area (Å²) in [5, 5.41) is 4.02. The van der Waals surface area contributed by atoms with Crippen LogP contribution >= 0.6 is 34.8 Å². The third-order valence-corrected chi connectivity index (χ3v) is 9.67. The second-order valence-electron chi connectivity index (χ2n) is 9.74. The van der Waals surface area contributed by atoms with E-state index in [-0.39, 0.29) is 29.1 Å². The molecule has 1 saturated carbocycles. The van der Waals surface area contributed by atoms with E-state index < -0.39 is 28.5 Å². The maximum Gasteiger partial charge on any atom is 0.264 e. The van der Waals surface area contributed by atoms with Crippen LogP contribution in [0.1, 0.15) is 38.2 Å². The van der Waals surface area contributed by atoms with Gasteiger partial charge in [-0.2, -0.15) is 0 Å². The van der Waals surface area contributed by atoms with Gasteiger partial charge in [0, 0.05) is 17.6 Å². The average molecular weight is 623 g/mol. The smallest absolute Gasteiger partial charge is 0.264 e. The van der Waals surface area contributed by atoms with Crippen molar-refractivity contribution in [3.05, 3.63) is 93.4 Å². The zero-order valence-corrected chi connectivity index (χ0v) is 25.0. The first-order valence-electron chi connectivity index (χ1n) is 12.9. The van der Waals surface area contributed by atoms with Crippen LogP contribution in [0.3, 0.4) is 0 Å². The van der Waals surface area contributed by atoms with Gasteiger partial charge in [0.25, 0.3) is 10.0 Å². The Bertz CT molecular complexity index is 1460. The van der Waals surface area contributed by atoms with Crippen LogP contribution in [0, 0.1) is 0 Å². The Labute approximate surface area is 250 Å². The molecular weight excluding hydrogens is 593 g/mol. The van der Waals surface area contributed by atoms with Crippen molar-refractivity contribution in [2.24, 2.45) is 0 Å². The number of nitrogens with one attached hydrogen (secondary N) is 1. The molecule has 0 spiro atoms. The second-order valence-corrected chi connectivity index (χ2v) is 12.9. The lowest BCUT2D eigenvalue weighted by molar-refractivity contribution is -0.139. The van der Waals surface area contributed by atoms with E-state index in [1.165, 1.54) is 23.1 Å². The number of halogens is 3. The van der Waals surface area contributed by atoms with Crippen molar-refractivity contribution < 1.29 is 18.0 Å². The Hall–Kier alpha value is -2.78. The van der Waals surface area contributed by atoms with Crippen LogP contribution in [0.2, 0.25) is 15.1 Å². The predicted molar refractivity (Wildman–Crippen MR) is 159 cm³/mol. The first-order valence-corrected chi connectivity index (χ1v) is 15.5. The molecular formula is C29H30Cl3N3O4S. The van der Waals surface area contributed by atoms with Crippen molar-refractivity contribution >= 4 is 62.3 Å². The van der Waals surface area contributed by atoms with Gasteiger partial charge in [-0.1, -0.05) is 78.0 Å². The standard InChI is InChI=1S/C29H30Cl3N3O4S/c1-20(29(37)33-23-9-5-6-10-23)34(18-21-14-15-26(31)27(32)16-21)28(36)19-35(24-11-7-8-22(30)17-24)40(38,39)25-12-3-2-4-13-25/h2-4,7-8,11-17,20,23H,5-6,9-10,18-19H2,1H3,(H,33,37). The maximum atomic E-state index is 14.0. The first kappa shape index (κ1) is 30.2. The van der Waals surface area contributed by atoms with Gasteiger partial charge in [-0.15, -0.1) is 0 Å². The molecule has 40 heavy (non-hydrogen) atoms. The lowest BCUT2D eigenvalue weighted by atomic mass is 10.1.